The number of carboxylic acids is 1. The van der Waals surface area contributed by atoms with E-state index in [1.54, 1.807) is 0 Å². The highest BCUT2D eigenvalue weighted by Crippen LogP contribution is 2.30. The van der Waals surface area contributed by atoms with E-state index in [2.05, 4.69) is 0 Å². The van der Waals surface area contributed by atoms with E-state index in [1.807, 2.05) is 0 Å². The van der Waals surface area contributed by atoms with Gasteiger partial charge in [-0.05, 0) is 18.6 Å². The van der Waals surface area contributed by atoms with Gasteiger partial charge in [-0.1, -0.05) is 6.07 Å². The molecule has 1 aliphatic rings. The molecule has 23 heavy (non-hydrogen) atoms. The zero-order chi connectivity index (χ0) is 17.3. The van der Waals surface area contributed by atoms with Crippen molar-refractivity contribution in [2.45, 2.75) is 18.9 Å². The third kappa shape index (κ3) is 2.73. The first-order valence-corrected chi connectivity index (χ1v) is 6.42. The number of nitrogens with zero attached hydrogens (tertiary/aromatic N) is 2. The number of amides is 3. The summed E-state index contributed by atoms with van der Waals surface area (Å²) in [5.74, 6) is -4.81. The molecule has 1 aliphatic heterocycles. The Labute approximate surface area is 128 Å². The van der Waals surface area contributed by atoms with Crippen LogP contribution in [0, 0.1) is 10.1 Å². The van der Waals surface area contributed by atoms with Gasteiger partial charge in [0.25, 0.3) is 11.8 Å². The smallest absolute Gasteiger partial charge is 0.467 e. The number of carbonyl (C=O) groups is 4. The number of fused-ring (bicyclic) bond motifs is 1. The standard InChI is InChI=1S/C13H11N3O7/c14-7-3-1-2-6-10(7)13(21)15(11(6)19)8(4-5-9(17)18)12(20)16(22)23/h1-3,8H,4-5,14H2,(H,17,18). The topological polar surface area (TPSA) is 161 Å². The van der Waals surface area contributed by atoms with Gasteiger partial charge in [0.15, 0.2) is 6.04 Å². The summed E-state index contributed by atoms with van der Waals surface area (Å²) in [6.07, 6.45) is -1.17. The molecule has 3 N–H and O–H groups in total. The number of nitrogen functional groups attached to an aromatic ring is 1. The Bertz CT molecular complexity index is 743. The van der Waals surface area contributed by atoms with Crippen molar-refractivity contribution < 1.29 is 29.2 Å². The molecule has 10 heteroatoms. The van der Waals surface area contributed by atoms with Crippen molar-refractivity contribution in [2.24, 2.45) is 0 Å². The Kier molecular flexibility index (Phi) is 4.08. The summed E-state index contributed by atoms with van der Waals surface area (Å²) in [5.41, 5.74) is 5.40. The summed E-state index contributed by atoms with van der Waals surface area (Å²) in [5, 5.41) is 19.4. The summed E-state index contributed by atoms with van der Waals surface area (Å²) in [6, 6.07) is 2.30. The Morgan fingerprint density at radius 3 is 2.48 bits per heavy atom. The van der Waals surface area contributed by atoms with Crippen molar-refractivity contribution in [3.05, 3.63) is 39.4 Å². The number of aliphatic carboxylic acids is 1. The Hall–Kier alpha value is -3.30. The number of anilines is 1. The monoisotopic (exact) mass is 321 g/mol. The molecule has 2 rings (SSSR count). The van der Waals surface area contributed by atoms with Crippen LogP contribution in [-0.4, -0.2) is 44.7 Å². The summed E-state index contributed by atoms with van der Waals surface area (Å²) >= 11 is 0. The third-order valence-electron chi connectivity index (χ3n) is 3.39. The predicted molar refractivity (Wildman–Crippen MR) is 74.0 cm³/mol. The summed E-state index contributed by atoms with van der Waals surface area (Å²) in [6.45, 7) is 0. The van der Waals surface area contributed by atoms with Crippen LogP contribution in [-0.2, 0) is 9.59 Å². The molecule has 0 bridgehead atoms. The number of nitro groups is 1. The Morgan fingerprint density at radius 2 is 1.96 bits per heavy atom. The first kappa shape index (κ1) is 16.1. The van der Waals surface area contributed by atoms with Gasteiger partial charge in [-0.3, -0.25) is 29.4 Å². The molecule has 1 unspecified atom stereocenters. The number of imide groups is 1. The molecule has 0 saturated carbocycles. The van der Waals surface area contributed by atoms with Crippen molar-refractivity contribution in [2.75, 3.05) is 5.73 Å². The lowest BCUT2D eigenvalue weighted by atomic mass is 10.1. The highest BCUT2D eigenvalue weighted by molar-refractivity contribution is 6.24. The number of hydrogen-bond donors (Lipinski definition) is 2. The second kappa shape index (κ2) is 5.83. The second-order valence-electron chi connectivity index (χ2n) is 4.79. The fraction of sp³-hybridized carbons (Fsp3) is 0.231. The van der Waals surface area contributed by atoms with E-state index in [-0.39, 0.29) is 16.8 Å². The number of benzene rings is 1. The van der Waals surface area contributed by atoms with Gasteiger partial charge in [-0.2, -0.15) is 0 Å². The van der Waals surface area contributed by atoms with E-state index >= 15 is 0 Å². The van der Waals surface area contributed by atoms with E-state index in [9.17, 15) is 29.3 Å². The maximum absolute atomic E-state index is 12.3. The molecule has 1 aromatic rings. The van der Waals surface area contributed by atoms with Crippen LogP contribution in [0.25, 0.3) is 0 Å². The van der Waals surface area contributed by atoms with E-state index < -0.39 is 47.5 Å². The zero-order valence-electron chi connectivity index (χ0n) is 11.6. The molecule has 0 aliphatic carbocycles. The normalized spacial score (nSPS) is 14.5. The number of nitrogens with two attached hydrogens (primary N) is 1. The van der Waals surface area contributed by atoms with Gasteiger partial charge < -0.3 is 10.8 Å². The minimum atomic E-state index is -1.80. The van der Waals surface area contributed by atoms with Gasteiger partial charge in [0, 0.05) is 12.1 Å². The molecule has 1 atom stereocenters. The van der Waals surface area contributed by atoms with Crippen molar-refractivity contribution >= 4 is 29.4 Å². The maximum Gasteiger partial charge on any atom is 0.467 e. The lowest BCUT2D eigenvalue weighted by Gasteiger charge is -2.20. The first-order valence-electron chi connectivity index (χ1n) is 6.42. The van der Waals surface area contributed by atoms with E-state index in [1.165, 1.54) is 18.2 Å². The molecule has 10 nitrogen and oxygen atoms in total. The van der Waals surface area contributed by atoms with E-state index in [4.69, 9.17) is 10.8 Å². The molecule has 120 valence electrons. The Morgan fingerprint density at radius 1 is 1.30 bits per heavy atom. The second-order valence-corrected chi connectivity index (χ2v) is 4.79. The van der Waals surface area contributed by atoms with Crippen molar-refractivity contribution in [1.82, 2.24) is 4.90 Å². The van der Waals surface area contributed by atoms with Gasteiger partial charge in [-0.25, -0.2) is 4.79 Å². The molecule has 3 amide bonds. The lowest BCUT2D eigenvalue weighted by molar-refractivity contribution is -0.405. The summed E-state index contributed by atoms with van der Waals surface area (Å²) in [7, 11) is 0. The zero-order valence-corrected chi connectivity index (χ0v) is 11.6. The average Bonchev–Trinajstić information content (AvgIpc) is 2.73. The van der Waals surface area contributed by atoms with Crippen LogP contribution < -0.4 is 5.73 Å². The molecule has 0 saturated heterocycles. The van der Waals surface area contributed by atoms with Gasteiger partial charge in [0.1, 0.15) is 4.92 Å². The van der Waals surface area contributed by atoms with Crippen LogP contribution in [0.5, 0.6) is 0 Å². The maximum atomic E-state index is 12.3. The van der Waals surface area contributed by atoms with Crippen LogP contribution in [0.15, 0.2) is 18.2 Å². The molecular weight excluding hydrogens is 310 g/mol. The van der Waals surface area contributed by atoms with Crippen LogP contribution in [0.3, 0.4) is 0 Å². The van der Waals surface area contributed by atoms with Crippen LogP contribution >= 0.6 is 0 Å². The van der Waals surface area contributed by atoms with Crippen molar-refractivity contribution in [3.63, 3.8) is 0 Å². The van der Waals surface area contributed by atoms with Crippen molar-refractivity contribution in [1.29, 1.82) is 0 Å². The molecule has 0 aromatic heterocycles. The van der Waals surface area contributed by atoms with Crippen LogP contribution in [0.2, 0.25) is 0 Å². The molecule has 0 radical (unpaired) electrons. The van der Waals surface area contributed by atoms with Gasteiger partial charge in [0.2, 0.25) is 0 Å². The quantitative estimate of drug-likeness (QED) is 0.329. The minimum Gasteiger partial charge on any atom is -0.481 e. The van der Waals surface area contributed by atoms with Crippen molar-refractivity contribution in [3.8, 4) is 0 Å². The van der Waals surface area contributed by atoms with Gasteiger partial charge in [-0.15, -0.1) is 0 Å². The largest absolute Gasteiger partial charge is 0.481 e. The number of carbonyl (C=O) groups excluding carboxylic acids is 3. The molecule has 1 heterocycles. The molecule has 1 aromatic carbocycles. The summed E-state index contributed by atoms with van der Waals surface area (Å²) in [4.78, 5) is 56.9. The SMILES string of the molecule is Nc1cccc2c1C(=O)N(C(CCC(=O)O)C(=O)[N+](=O)[O-])C2=O. The highest BCUT2D eigenvalue weighted by atomic mass is 16.6. The first-order chi connectivity index (χ1) is 10.8. The Balaban J connectivity index is 2.44. The minimum absolute atomic E-state index is 0.00566. The number of rotatable bonds is 5. The fourth-order valence-corrected chi connectivity index (χ4v) is 2.36. The average molecular weight is 321 g/mol. The molecule has 0 spiro atoms. The molecular formula is C13H11N3O7. The number of carboxylic acid groups (broad SMARTS) is 1. The lowest BCUT2D eigenvalue weighted by Crippen LogP contribution is -2.47. The fourth-order valence-electron chi connectivity index (χ4n) is 2.36. The van der Waals surface area contributed by atoms with Gasteiger partial charge in [0.05, 0.1) is 11.1 Å². The van der Waals surface area contributed by atoms with E-state index in [0.29, 0.717) is 4.90 Å². The predicted octanol–water partition coefficient (Wildman–Crippen LogP) is -0.0985. The third-order valence-corrected chi connectivity index (χ3v) is 3.39. The van der Waals surface area contributed by atoms with Crippen LogP contribution in [0.1, 0.15) is 33.6 Å². The van der Waals surface area contributed by atoms with Gasteiger partial charge >= 0.3 is 11.9 Å². The summed E-state index contributed by atoms with van der Waals surface area (Å²) < 4.78 is 0. The molecule has 0 fully saturated rings. The van der Waals surface area contributed by atoms with Crippen LogP contribution in [0.4, 0.5) is 5.69 Å². The number of hydrogen-bond acceptors (Lipinski definition) is 7. The van der Waals surface area contributed by atoms with E-state index in [0.717, 1.165) is 0 Å². The highest BCUT2D eigenvalue weighted by Gasteiger charge is 2.47.